The zero-order valence-electron chi connectivity index (χ0n) is 6.62. The van der Waals surface area contributed by atoms with Gasteiger partial charge in [0.05, 0.1) is 7.11 Å². The summed E-state index contributed by atoms with van der Waals surface area (Å²) in [6, 6.07) is 0. The monoisotopic (exact) mass is 188 g/mol. The van der Waals surface area contributed by atoms with E-state index in [9.17, 15) is 4.79 Å². The molecule has 12 heavy (non-hydrogen) atoms. The molecular weight excluding hydrogens is 180 g/mol. The van der Waals surface area contributed by atoms with E-state index < -0.39 is 5.56 Å². The van der Waals surface area contributed by atoms with Crippen molar-refractivity contribution in [3.05, 3.63) is 10.4 Å². The highest BCUT2D eigenvalue weighted by Crippen LogP contribution is 2.19. The van der Waals surface area contributed by atoms with Crippen molar-refractivity contribution < 1.29 is 9.84 Å². The van der Waals surface area contributed by atoms with E-state index >= 15 is 0 Å². The molecule has 0 aliphatic heterocycles. The SMILES string of the molecule is COc1c(O)nc(SC)[nH]c1=O. The predicted molar refractivity (Wildman–Crippen MR) is 44.9 cm³/mol. The van der Waals surface area contributed by atoms with E-state index in [2.05, 4.69) is 14.7 Å². The number of aromatic nitrogens is 2. The number of rotatable bonds is 2. The maximum atomic E-state index is 11.1. The van der Waals surface area contributed by atoms with E-state index in [1.165, 1.54) is 18.9 Å². The average molecular weight is 188 g/mol. The molecule has 6 heteroatoms. The molecule has 0 atom stereocenters. The van der Waals surface area contributed by atoms with Crippen LogP contribution in [0.1, 0.15) is 0 Å². The van der Waals surface area contributed by atoms with E-state index in [1.54, 1.807) is 6.26 Å². The molecule has 0 saturated heterocycles. The topological polar surface area (TPSA) is 75.2 Å². The summed E-state index contributed by atoms with van der Waals surface area (Å²) in [4.78, 5) is 17.1. The highest BCUT2D eigenvalue weighted by atomic mass is 32.2. The van der Waals surface area contributed by atoms with Crippen molar-refractivity contribution in [3.8, 4) is 11.6 Å². The van der Waals surface area contributed by atoms with Crippen LogP contribution >= 0.6 is 11.8 Å². The Kier molecular flexibility index (Phi) is 2.59. The molecule has 1 aromatic rings. The second-order valence-corrected chi connectivity index (χ2v) is 2.73. The first-order chi connectivity index (χ1) is 5.69. The van der Waals surface area contributed by atoms with Crippen LogP contribution in [-0.2, 0) is 0 Å². The van der Waals surface area contributed by atoms with Gasteiger partial charge in [-0.15, -0.1) is 0 Å². The number of methoxy groups -OCH3 is 1. The first kappa shape index (κ1) is 8.92. The minimum atomic E-state index is -0.477. The molecule has 0 saturated carbocycles. The molecule has 66 valence electrons. The number of aromatic hydroxyl groups is 1. The van der Waals surface area contributed by atoms with Crippen LogP contribution in [0, 0.1) is 0 Å². The van der Waals surface area contributed by atoms with Gasteiger partial charge in [-0.1, -0.05) is 11.8 Å². The summed E-state index contributed by atoms with van der Waals surface area (Å²) in [7, 11) is 1.30. The summed E-state index contributed by atoms with van der Waals surface area (Å²) in [5, 5.41) is 9.49. The van der Waals surface area contributed by atoms with Crippen LogP contribution in [0.15, 0.2) is 9.95 Å². The van der Waals surface area contributed by atoms with Crippen molar-refractivity contribution in [1.82, 2.24) is 9.97 Å². The van der Waals surface area contributed by atoms with Crippen LogP contribution in [0.4, 0.5) is 0 Å². The van der Waals surface area contributed by atoms with Crippen molar-refractivity contribution in [2.75, 3.05) is 13.4 Å². The summed E-state index contributed by atoms with van der Waals surface area (Å²) >= 11 is 1.23. The molecule has 1 aromatic heterocycles. The Hall–Kier alpha value is -1.17. The standard InChI is InChI=1S/C6H8N2O3S/c1-11-3-4(9)7-6(12-2)8-5(3)10/h1-2H3,(H2,7,8,9,10). The predicted octanol–water partition coefficient (Wildman–Crippen LogP) is 0.206. The number of nitrogens with one attached hydrogen (secondary N) is 1. The van der Waals surface area contributed by atoms with Crippen molar-refractivity contribution in [1.29, 1.82) is 0 Å². The molecule has 0 spiro atoms. The fraction of sp³-hybridized carbons (Fsp3) is 0.333. The third-order valence-corrected chi connectivity index (χ3v) is 1.81. The summed E-state index contributed by atoms with van der Waals surface area (Å²) in [5.41, 5.74) is -0.477. The van der Waals surface area contributed by atoms with Crippen LogP contribution in [0.2, 0.25) is 0 Å². The number of nitrogens with zero attached hydrogens (tertiary/aromatic N) is 1. The van der Waals surface area contributed by atoms with Crippen LogP contribution in [0.25, 0.3) is 0 Å². The number of aromatic amines is 1. The zero-order valence-corrected chi connectivity index (χ0v) is 7.44. The Bertz CT molecular complexity index is 336. The Balaban J connectivity index is 3.28. The second-order valence-electron chi connectivity index (χ2n) is 1.93. The fourth-order valence-corrected chi connectivity index (χ4v) is 1.08. The Labute approximate surface area is 72.8 Å². The average Bonchev–Trinajstić information content (AvgIpc) is 2.03. The molecule has 0 aliphatic carbocycles. The number of hydrogen-bond donors (Lipinski definition) is 2. The summed E-state index contributed by atoms with van der Waals surface area (Å²) < 4.78 is 4.61. The van der Waals surface area contributed by atoms with Crippen molar-refractivity contribution in [2.24, 2.45) is 0 Å². The van der Waals surface area contributed by atoms with Gasteiger partial charge >= 0.3 is 0 Å². The third kappa shape index (κ3) is 1.53. The van der Waals surface area contributed by atoms with Gasteiger partial charge in [0.1, 0.15) is 0 Å². The summed E-state index contributed by atoms with van der Waals surface area (Å²) in [6.07, 6.45) is 1.74. The molecule has 0 bridgehead atoms. The van der Waals surface area contributed by atoms with E-state index in [-0.39, 0.29) is 11.6 Å². The molecule has 0 aromatic carbocycles. The normalized spacial score (nSPS) is 9.83. The van der Waals surface area contributed by atoms with Gasteiger partial charge in [0.2, 0.25) is 5.75 Å². The van der Waals surface area contributed by atoms with Gasteiger partial charge in [0.15, 0.2) is 5.16 Å². The maximum absolute atomic E-state index is 11.1. The van der Waals surface area contributed by atoms with Gasteiger partial charge in [0.25, 0.3) is 11.4 Å². The quantitative estimate of drug-likeness (QED) is 0.512. The molecule has 0 unspecified atom stereocenters. The van der Waals surface area contributed by atoms with Crippen molar-refractivity contribution >= 4 is 11.8 Å². The Morgan fingerprint density at radius 3 is 2.75 bits per heavy atom. The summed E-state index contributed by atoms with van der Waals surface area (Å²) in [5.74, 6) is -0.543. The third-order valence-electron chi connectivity index (χ3n) is 1.23. The molecule has 2 N–H and O–H groups in total. The van der Waals surface area contributed by atoms with Gasteiger partial charge in [-0.05, 0) is 6.26 Å². The van der Waals surface area contributed by atoms with Gasteiger partial charge in [-0.2, -0.15) is 4.98 Å². The number of hydrogen-bond acceptors (Lipinski definition) is 5. The van der Waals surface area contributed by atoms with Crippen LogP contribution in [-0.4, -0.2) is 28.4 Å². The Morgan fingerprint density at radius 2 is 2.33 bits per heavy atom. The van der Waals surface area contributed by atoms with Gasteiger partial charge < -0.3 is 9.84 Å². The van der Waals surface area contributed by atoms with Gasteiger partial charge in [-0.25, -0.2) is 0 Å². The lowest BCUT2D eigenvalue weighted by Crippen LogP contribution is -2.11. The minimum absolute atomic E-state index is 0.159. The fourth-order valence-electron chi connectivity index (χ4n) is 0.711. The Morgan fingerprint density at radius 1 is 1.67 bits per heavy atom. The minimum Gasteiger partial charge on any atom is -0.490 e. The molecule has 1 rings (SSSR count). The largest absolute Gasteiger partial charge is 0.490 e. The zero-order chi connectivity index (χ0) is 9.14. The van der Waals surface area contributed by atoms with E-state index in [0.717, 1.165) is 0 Å². The highest BCUT2D eigenvalue weighted by Gasteiger charge is 2.09. The first-order valence-electron chi connectivity index (χ1n) is 3.10. The highest BCUT2D eigenvalue weighted by molar-refractivity contribution is 7.98. The summed E-state index contributed by atoms with van der Waals surface area (Å²) in [6.45, 7) is 0. The lowest BCUT2D eigenvalue weighted by molar-refractivity contribution is 0.352. The molecule has 0 radical (unpaired) electrons. The van der Waals surface area contributed by atoms with Crippen LogP contribution in [0.5, 0.6) is 11.6 Å². The molecule has 5 nitrogen and oxygen atoms in total. The van der Waals surface area contributed by atoms with E-state index in [4.69, 9.17) is 5.11 Å². The van der Waals surface area contributed by atoms with Gasteiger partial charge in [0, 0.05) is 0 Å². The van der Waals surface area contributed by atoms with E-state index in [0.29, 0.717) is 5.16 Å². The number of ether oxygens (including phenoxy) is 1. The van der Waals surface area contributed by atoms with Crippen LogP contribution in [0.3, 0.4) is 0 Å². The maximum Gasteiger partial charge on any atom is 0.298 e. The molecule has 1 heterocycles. The first-order valence-corrected chi connectivity index (χ1v) is 4.32. The molecular formula is C6H8N2O3S. The van der Waals surface area contributed by atoms with Crippen LogP contribution < -0.4 is 10.3 Å². The van der Waals surface area contributed by atoms with E-state index in [1.807, 2.05) is 0 Å². The smallest absolute Gasteiger partial charge is 0.298 e. The van der Waals surface area contributed by atoms with Crippen molar-refractivity contribution in [3.63, 3.8) is 0 Å². The lowest BCUT2D eigenvalue weighted by atomic mass is 10.5. The van der Waals surface area contributed by atoms with Crippen molar-refractivity contribution in [2.45, 2.75) is 5.16 Å². The van der Waals surface area contributed by atoms with Gasteiger partial charge in [-0.3, -0.25) is 9.78 Å². The molecule has 0 amide bonds. The number of H-pyrrole nitrogens is 1. The molecule has 0 aliphatic rings. The second kappa shape index (κ2) is 3.48. The number of thioether (sulfide) groups is 1. The lowest BCUT2D eigenvalue weighted by Gasteiger charge is -2.01. The molecule has 0 fully saturated rings.